The predicted octanol–water partition coefficient (Wildman–Crippen LogP) is 4.76. The van der Waals surface area contributed by atoms with Gasteiger partial charge >= 0.3 is 0 Å². The third-order valence-electron chi connectivity index (χ3n) is 3.72. The van der Waals surface area contributed by atoms with E-state index in [4.69, 9.17) is 9.47 Å². The zero-order valence-corrected chi connectivity index (χ0v) is 15.8. The summed E-state index contributed by atoms with van der Waals surface area (Å²) < 4.78 is 12.8. The number of halogens is 1. The van der Waals surface area contributed by atoms with Crippen LogP contribution in [0.2, 0.25) is 0 Å². The molecule has 4 aromatic rings. The number of nitrogens with zero attached hydrogens (tertiary/aromatic N) is 3. The molecule has 0 bridgehead atoms. The number of hydrogen-bond acceptors (Lipinski definition) is 7. The normalized spacial score (nSPS) is 11.0. The molecule has 126 valence electrons. The smallest absolute Gasteiger partial charge is 0.189 e. The number of thiazole rings is 1. The van der Waals surface area contributed by atoms with Crippen LogP contribution in [0.1, 0.15) is 0 Å². The summed E-state index contributed by atoms with van der Waals surface area (Å²) in [5.74, 6) is 1.93. The van der Waals surface area contributed by atoms with Gasteiger partial charge in [0.05, 0.1) is 30.0 Å². The summed E-state index contributed by atoms with van der Waals surface area (Å²) >= 11 is 5.05. The Bertz CT molecular complexity index is 1080. The van der Waals surface area contributed by atoms with Crippen LogP contribution >= 0.6 is 27.3 Å². The molecule has 6 nitrogen and oxygen atoms in total. The van der Waals surface area contributed by atoms with Gasteiger partial charge < -0.3 is 14.8 Å². The molecule has 0 amide bonds. The third-order valence-corrected chi connectivity index (χ3v) is 5.14. The lowest BCUT2D eigenvalue weighted by molar-refractivity contribution is 0.356. The largest absolute Gasteiger partial charge is 0.493 e. The second-order valence-electron chi connectivity index (χ2n) is 5.20. The second-order valence-corrected chi connectivity index (χ2v) is 7.15. The predicted molar refractivity (Wildman–Crippen MR) is 103 cm³/mol. The molecule has 4 rings (SSSR count). The van der Waals surface area contributed by atoms with E-state index in [1.807, 2.05) is 30.3 Å². The Balaban J connectivity index is 1.79. The van der Waals surface area contributed by atoms with Crippen LogP contribution in [-0.2, 0) is 0 Å². The molecule has 0 spiro atoms. The topological polar surface area (TPSA) is 69.2 Å². The van der Waals surface area contributed by atoms with E-state index in [9.17, 15) is 0 Å². The van der Waals surface area contributed by atoms with Crippen LogP contribution in [-0.4, -0.2) is 29.2 Å². The molecule has 0 radical (unpaired) electrons. The Labute approximate surface area is 156 Å². The fourth-order valence-electron chi connectivity index (χ4n) is 2.54. The van der Waals surface area contributed by atoms with Crippen molar-refractivity contribution in [2.45, 2.75) is 0 Å². The Hall–Kier alpha value is -2.45. The lowest BCUT2D eigenvalue weighted by Crippen LogP contribution is -1.97. The van der Waals surface area contributed by atoms with Crippen LogP contribution in [0.4, 0.5) is 10.9 Å². The Morgan fingerprint density at radius 3 is 2.60 bits per heavy atom. The van der Waals surface area contributed by atoms with Crippen molar-refractivity contribution in [1.82, 2.24) is 15.0 Å². The van der Waals surface area contributed by atoms with Crippen LogP contribution in [0.25, 0.3) is 21.1 Å². The fourth-order valence-corrected chi connectivity index (χ4v) is 3.95. The van der Waals surface area contributed by atoms with E-state index in [2.05, 4.69) is 36.2 Å². The van der Waals surface area contributed by atoms with Crippen molar-refractivity contribution in [2.24, 2.45) is 0 Å². The monoisotopic (exact) mass is 416 g/mol. The quantitative estimate of drug-likeness (QED) is 0.516. The summed E-state index contributed by atoms with van der Waals surface area (Å²) in [5.41, 5.74) is 1.70. The maximum atomic E-state index is 5.38. The van der Waals surface area contributed by atoms with Crippen molar-refractivity contribution in [2.75, 3.05) is 19.5 Å². The van der Waals surface area contributed by atoms with Gasteiger partial charge in [-0.1, -0.05) is 27.3 Å². The maximum Gasteiger partial charge on any atom is 0.189 e. The van der Waals surface area contributed by atoms with Crippen LogP contribution < -0.4 is 14.8 Å². The van der Waals surface area contributed by atoms with Gasteiger partial charge in [-0.3, -0.25) is 0 Å². The first-order chi connectivity index (χ1) is 12.2. The highest BCUT2D eigenvalue weighted by Gasteiger charge is 2.12. The van der Waals surface area contributed by atoms with Crippen molar-refractivity contribution in [3.05, 3.63) is 41.1 Å². The maximum absolute atomic E-state index is 5.38. The summed E-state index contributed by atoms with van der Waals surface area (Å²) in [6.45, 7) is 0. The summed E-state index contributed by atoms with van der Waals surface area (Å²) in [4.78, 5) is 13.3. The zero-order valence-electron chi connectivity index (χ0n) is 13.4. The molecule has 0 aliphatic rings. The van der Waals surface area contributed by atoms with Gasteiger partial charge in [-0.15, -0.1) is 0 Å². The summed E-state index contributed by atoms with van der Waals surface area (Å²) in [7, 11) is 3.20. The lowest BCUT2D eigenvalue weighted by Gasteiger charge is -2.10. The third kappa shape index (κ3) is 2.98. The number of benzene rings is 2. The first kappa shape index (κ1) is 16.0. The lowest BCUT2D eigenvalue weighted by atomic mass is 10.2. The minimum atomic E-state index is 0.626. The summed E-state index contributed by atoms with van der Waals surface area (Å²) in [6, 6.07) is 9.69. The number of fused-ring (bicyclic) bond motifs is 2. The van der Waals surface area contributed by atoms with Crippen molar-refractivity contribution in [3.8, 4) is 11.5 Å². The highest BCUT2D eigenvalue weighted by atomic mass is 79.9. The molecular formula is C17H13BrN4O2S. The van der Waals surface area contributed by atoms with Crippen LogP contribution in [0, 0.1) is 0 Å². The number of rotatable bonds is 4. The first-order valence-electron chi connectivity index (χ1n) is 7.38. The molecule has 1 N–H and O–H groups in total. The highest BCUT2D eigenvalue weighted by Crippen LogP contribution is 2.36. The van der Waals surface area contributed by atoms with Gasteiger partial charge in [0.1, 0.15) is 12.1 Å². The van der Waals surface area contributed by atoms with Gasteiger partial charge in [-0.2, -0.15) is 0 Å². The number of aromatic nitrogens is 3. The molecule has 0 saturated heterocycles. The van der Waals surface area contributed by atoms with E-state index in [1.165, 1.54) is 6.33 Å². The number of methoxy groups -OCH3 is 2. The molecule has 8 heteroatoms. The number of nitrogens with one attached hydrogen (secondary N) is 1. The van der Waals surface area contributed by atoms with E-state index in [0.29, 0.717) is 17.3 Å². The van der Waals surface area contributed by atoms with Gasteiger partial charge in [-0.05, 0) is 24.3 Å². The molecular weight excluding hydrogens is 404 g/mol. The second kappa shape index (κ2) is 6.45. The van der Waals surface area contributed by atoms with Gasteiger partial charge in [-0.25, -0.2) is 15.0 Å². The SMILES string of the molecule is COc1cc2ncnc(Nc3nc4ccc(Br)cc4s3)c2cc1OC. The van der Waals surface area contributed by atoms with Gasteiger partial charge in [0, 0.05) is 15.9 Å². The van der Waals surface area contributed by atoms with E-state index >= 15 is 0 Å². The first-order valence-corrected chi connectivity index (χ1v) is 8.99. The van der Waals surface area contributed by atoms with Crippen LogP contribution in [0.5, 0.6) is 11.5 Å². The molecule has 2 aromatic carbocycles. The van der Waals surface area contributed by atoms with E-state index in [-0.39, 0.29) is 0 Å². The van der Waals surface area contributed by atoms with E-state index < -0.39 is 0 Å². The standard InChI is InChI=1S/C17H13BrN4O2S/c1-23-13-6-10-12(7-14(13)24-2)19-8-20-16(10)22-17-21-11-4-3-9(18)5-15(11)25-17/h3-8H,1-2H3,(H,19,20,21,22). The minimum Gasteiger partial charge on any atom is -0.493 e. The molecule has 0 aliphatic heterocycles. The highest BCUT2D eigenvalue weighted by molar-refractivity contribution is 9.10. The van der Waals surface area contributed by atoms with Gasteiger partial charge in [0.2, 0.25) is 0 Å². The van der Waals surface area contributed by atoms with E-state index in [1.54, 1.807) is 25.6 Å². The van der Waals surface area contributed by atoms with Crippen molar-refractivity contribution < 1.29 is 9.47 Å². The van der Waals surface area contributed by atoms with Crippen molar-refractivity contribution >= 4 is 59.3 Å². The van der Waals surface area contributed by atoms with Gasteiger partial charge in [0.15, 0.2) is 16.6 Å². The van der Waals surface area contributed by atoms with E-state index in [0.717, 1.165) is 30.7 Å². The van der Waals surface area contributed by atoms with Crippen LogP contribution in [0.15, 0.2) is 41.1 Å². The number of anilines is 2. The number of ether oxygens (including phenoxy) is 2. The summed E-state index contributed by atoms with van der Waals surface area (Å²) in [5, 5.41) is 4.89. The minimum absolute atomic E-state index is 0.626. The molecule has 2 heterocycles. The average Bonchev–Trinajstić information content (AvgIpc) is 3.02. The van der Waals surface area contributed by atoms with Crippen LogP contribution in [0.3, 0.4) is 0 Å². The Morgan fingerprint density at radius 2 is 1.80 bits per heavy atom. The Morgan fingerprint density at radius 1 is 1.00 bits per heavy atom. The zero-order chi connectivity index (χ0) is 17.4. The molecule has 0 saturated carbocycles. The fraction of sp³-hybridized carbons (Fsp3) is 0.118. The van der Waals surface area contributed by atoms with Crippen molar-refractivity contribution in [1.29, 1.82) is 0 Å². The van der Waals surface area contributed by atoms with Crippen molar-refractivity contribution in [3.63, 3.8) is 0 Å². The molecule has 0 fully saturated rings. The number of hydrogen-bond donors (Lipinski definition) is 1. The molecule has 2 aromatic heterocycles. The Kier molecular flexibility index (Phi) is 4.14. The molecule has 25 heavy (non-hydrogen) atoms. The van der Waals surface area contributed by atoms with Gasteiger partial charge in [0.25, 0.3) is 0 Å². The molecule has 0 atom stereocenters. The summed E-state index contributed by atoms with van der Waals surface area (Å²) in [6.07, 6.45) is 1.51. The molecule has 0 unspecified atom stereocenters. The average molecular weight is 417 g/mol. The molecule has 0 aliphatic carbocycles.